The highest BCUT2D eigenvalue weighted by molar-refractivity contribution is 5.23. The van der Waals surface area contributed by atoms with Crippen molar-refractivity contribution in [1.82, 2.24) is 0 Å². The Morgan fingerprint density at radius 2 is 1.89 bits per heavy atom. The molecule has 0 bridgehead atoms. The molecule has 0 radical (unpaired) electrons. The van der Waals surface area contributed by atoms with Crippen LogP contribution in [-0.4, -0.2) is 23.4 Å². The van der Waals surface area contributed by atoms with Crippen LogP contribution in [0, 0.1) is 34.0 Å². The summed E-state index contributed by atoms with van der Waals surface area (Å²) in [6, 6.07) is 0. The molecule has 2 spiro atoms. The highest BCUT2D eigenvalue weighted by atomic mass is 16.6. The lowest BCUT2D eigenvalue weighted by Crippen LogP contribution is -2.45. The fourth-order valence-corrected chi connectivity index (χ4v) is 8.73. The van der Waals surface area contributed by atoms with Crippen LogP contribution < -0.4 is 0 Å². The van der Waals surface area contributed by atoms with Crippen LogP contribution in [0.4, 0.5) is 0 Å². The molecule has 2 heteroatoms. The zero-order valence-corrected chi connectivity index (χ0v) is 18.6. The monoisotopic (exact) mass is 386 g/mol. The van der Waals surface area contributed by atoms with Gasteiger partial charge in [-0.15, -0.1) is 0 Å². The van der Waals surface area contributed by atoms with E-state index in [1.54, 1.807) is 5.57 Å². The van der Waals surface area contributed by atoms with Gasteiger partial charge in [-0.25, -0.2) is 0 Å². The molecule has 1 heterocycles. The molecule has 0 aromatic rings. The molecule has 0 aromatic carbocycles. The van der Waals surface area contributed by atoms with Crippen molar-refractivity contribution in [1.29, 1.82) is 0 Å². The fraction of sp³-hybridized carbons (Fsp3) is 0.923. The largest absolute Gasteiger partial charge is 0.396 e. The fourth-order valence-electron chi connectivity index (χ4n) is 8.73. The molecule has 4 aliphatic carbocycles. The van der Waals surface area contributed by atoms with E-state index in [4.69, 9.17) is 4.74 Å². The van der Waals surface area contributed by atoms with Gasteiger partial charge in [0.25, 0.3) is 0 Å². The van der Waals surface area contributed by atoms with Crippen molar-refractivity contribution in [3.05, 3.63) is 12.2 Å². The normalized spacial score (nSPS) is 51.9. The Hall–Kier alpha value is -0.340. The molecule has 2 nitrogen and oxygen atoms in total. The maximum atomic E-state index is 9.23. The lowest BCUT2D eigenvalue weighted by atomic mass is 9.51. The maximum Gasteiger partial charge on any atom is 0.0930 e. The van der Waals surface area contributed by atoms with Crippen molar-refractivity contribution in [3.63, 3.8) is 0 Å². The number of allylic oxidation sites excluding steroid dienone is 1. The van der Waals surface area contributed by atoms with Gasteiger partial charge in [0.05, 0.1) is 11.7 Å². The Balaban J connectivity index is 1.36. The Bertz CT molecular complexity index is 653. The Kier molecular flexibility index (Phi) is 4.43. The minimum absolute atomic E-state index is 0.140. The van der Waals surface area contributed by atoms with E-state index in [9.17, 15) is 5.11 Å². The summed E-state index contributed by atoms with van der Waals surface area (Å²) in [6.45, 7) is 12.4. The molecule has 1 saturated heterocycles. The summed E-state index contributed by atoms with van der Waals surface area (Å²) in [5, 5.41) is 9.23. The van der Waals surface area contributed by atoms with Crippen LogP contribution in [-0.2, 0) is 4.74 Å². The summed E-state index contributed by atoms with van der Waals surface area (Å²) < 4.78 is 6.56. The van der Waals surface area contributed by atoms with Gasteiger partial charge in [-0.3, -0.25) is 0 Å². The van der Waals surface area contributed by atoms with Gasteiger partial charge in [-0.1, -0.05) is 26.0 Å². The van der Waals surface area contributed by atoms with Crippen LogP contribution >= 0.6 is 0 Å². The first-order valence-corrected chi connectivity index (χ1v) is 12.2. The third kappa shape index (κ3) is 2.96. The van der Waals surface area contributed by atoms with Crippen molar-refractivity contribution in [2.75, 3.05) is 6.61 Å². The van der Waals surface area contributed by atoms with E-state index in [0.29, 0.717) is 29.0 Å². The van der Waals surface area contributed by atoms with Gasteiger partial charge >= 0.3 is 0 Å². The topological polar surface area (TPSA) is 32.8 Å². The van der Waals surface area contributed by atoms with E-state index in [2.05, 4.69) is 27.4 Å². The highest BCUT2D eigenvalue weighted by Crippen LogP contribution is 2.70. The smallest absolute Gasteiger partial charge is 0.0930 e. The quantitative estimate of drug-likeness (QED) is 0.457. The number of aliphatic hydroxyl groups is 1. The lowest BCUT2D eigenvalue weighted by Gasteiger charge is -2.53. The van der Waals surface area contributed by atoms with E-state index in [1.807, 2.05) is 0 Å². The van der Waals surface area contributed by atoms with Crippen molar-refractivity contribution in [2.45, 2.75) is 110 Å². The van der Waals surface area contributed by atoms with Gasteiger partial charge in [0.15, 0.2) is 0 Å². The van der Waals surface area contributed by atoms with Crippen molar-refractivity contribution in [3.8, 4) is 0 Å². The predicted octanol–water partition coefficient (Wildman–Crippen LogP) is 6.28. The summed E-state index contributed by atoms with van der Waals surface area (Å²) >= 11 is 0. The summed E-state index contributed by atoms with van der Waals surface area (Å²) in [6.07, 6.45) is 16.2. The van der Waals surface area contributed by atoms with Gasteiger partial charge < -0.3 is 9.84 Å². The van der Waals surface area contributed by atoms with Crippen molar-refractivity contribution < 1.29 is 9.84 Å². The second-order valence-corrected chi connectivity index (χ2v) is 12.6. The molecule has 0 amide bonds. The molecule has 7 atom stereocenters. The second kappa shape index (κ2) is 6.33. The average Bonchev–Trinajstić information content (AvgIpc) is 2.99. The third-order valence-corrected chi connectivity index (χ3v) is 10.2. The van der Waals surface area contributed by atoms with Crippen molar-refractivity contribution >= 4 is 0 Å². The number of rotatable bonds is 3. The molecule has 5 aliphatic rings. The van der Waals surface area contributed by atoms with E-state index in [1.165, 1.54) is 70.6 Å². The maximum absolute atomic E-state index is 9.23. The molecule has 1 N–H and O–H groups in total. The molecule has 5 rings (SSSR count). The SMILES string of the molecule is C=C1CC2(CCC3(CCC(CCCO)C3)C2)C2OC2(C)CCC2C1CC2(C)C. The third-order valence-electron chi connectivity index (χ3n) is 10.2. The number of hydrogen-bond acceptors (Lipinski definition) is 2. The average molecular weight is 387 g/mol. The van der Waals surface area contributed by atoms with E-state index >= 15 is 0 Å². The Morgan fingerprint density at radius 1 is 1.07 bits per heavy atom. The van der Waals surface area contributed by atoms with Crippen LogP contribution in [0.25, 0.3) is 0 Å². The van der Waals surface area contributed by atoms with Crippen LogP contribution in [0.1, 0.15) is 97.8 Å². The first-order valence-electron chi connectivity index (χ1n) is 12.2. The summed E-state index contributed by atoms with van der Waals surface area (Å²) in [7, 11) is 0. The number of epoxide rings is 1. The lowest BCUT2D eigenvalue weighted by molar-refractivity contribution is -0.00548. The standard InChI is InChI=1S/C26H42O2/c1-18-14-26(12-11-25(17-26)10-7-19(15-25)6-5-13-27)22-24(4,28-22)9-8-21-20(18)16-23(21,2)3/h19-22,27H,1,5-17H2,2-4H3. The summed E-state index contributed by atoms with van der Waals surface area (Å²) in [5.74, 6) is 2.44. The first kappa shape index (κ1) is 19.6. The first-order chi connectivity index (χ1) is 13.2. The van der Waals surface area contributed by atoms with Gasteiger partial charge in [0.1, 0.15) is 0 Å². The van der Waals surface area contributed by atoms with Gasteiger partial charge in [-0.2, -0.15) is 0 Å². The van der Waals surface area contributed by atoms with Crippen LogP contribution in [0.3, 0.4) is 0 Å². The number of ether oxygens (including phenoxy) is 1. The minimum Gasteiger partial charge on any atom is -0.396 e. The van der Waals surface area contributed by atoms with Crippen LogP contribution in [0.5, 0.6) is 0 Å². The molecule has 1 aliphatic heterocycles. The zero-order chi connectivity index (χ0) is 19.8. The molecule has 7 unspecified atom stereocenters. The van der Waals surface area contributed by atoms with Gasteiger partial charge in [-0.05, 0) is 113 Å². The van der Waals surface area contributed by atoms with E-state index in [0.717, 1.165) is 24.2 Å². The predicted molar refractivity (Wildman–Crippen MR) is 114 cm³/mol. The molecule has 0 aromatic heterocycles. The Labute approximate surface area is 172 Å². The molecule has 5 fully saturated rings. The zero-order valence-electron chi connectivity index (χ0n) is 18.6. The summed E-state index contributed by atoms with van der Waals surface area (Å²) in [5.41, 5.74) is 3.14. The molecule has 28 heavy (non-hydrogen) atoms. The number of fused-ring (bicyclic) bond motifs is 3. The molecular formula is C26H42O2. The van der Waals surface area contributed by atoms with Crippen LogP contribution in [0.15, 0.2) is 12.2 Å². The molecule has 158 valence electrons. The summed E-state index contributed by atoms with van der Waals surface area (Å²) in [4.78, 5) is 0. The van der Waals surface area contributed by atoms with E-state index in [-0.39, 0.29) is 5.60 Å². The van der Waals surface area contributed by atoms with E-state index < -0.39 is 0 Å². The highest BCUT2D eigenvalue weighted by Gasteiger charge is 2.67. The molecular weight excluding hydrogens is 344 g/mol. The van der Waals surface area contributed by atoms with Gasteiger partial charge in [0.2, 0.25) is 0 Å². The van der Waals surface area contributed by atoms with Gasteiger partial charge in [0, 0.05) is 12.0 Å². The van der Waals surface area contributed by atoms with Crippen LogP contribution in [0.2, 0.25) is 0 Å². The minimum atomic E-state index is 0.140. The second-order valence-electron chi connectivity index (χ2n) is 12.6. The number of aliphatic hydroxyl groups excluding tert-OH is 1. The Morgan fingerprint density at radius 3 is 2.64 bits per heavy atom. The number of hydrogen-bond donors (Lipinski definition) is 1. The molecule has 4 saturated carbocycles. The van der Waals surface area contributed by atoms with Crippen molar-refractivity contribution in [2.24, 2.45) is 34.0 Å².